The second kappa shape index (κ2) is 5.53. The zero-order valence-corrected chi connectivity index (χ0v) is 12.1. The predicted molar refractivity (Wildman–Crippen MR) is 72.5 cm³/mol. The first kappa shape index (κ1) is 14.0. The quantitative estimate of drug-likeness (QED) is 0.692. The van der Waals surface area contributed by atoms with Crippen LogP contribution in [0.4, 0.5) is 0 Å². The monoisotopic (exact) mass is 225 g/mol. The zero-order valence-electron chi connectivity index (χ0n) is 12.1. The standard InChI is InChI=1S/C15H31N/c1-7-13(4)15(5,10-16-6)9-12(3)14-8-11(14)2/h11-14,16H,7-10H2,1-6H3/t11?,12?,13-,14?,15?/m0/s1. The van der Waals surface area contributed by atoms with Gasteiger partial charge in [-0.2, -0.15) is 0 Å². The summed E-state index contributed by atoms with van der Waals surface area (Å²) in [4.78, 5) is 0. The minimum absolute atomic E-state index is 0.477. The third-order valence-corrected chi connectivity index (χ3v) is 5.07. The molecule has 0 saturated heterocycles. The Labute approximate surface area is 102 Å². The number of hydrogen-bond acceptors (Lipinski definition) is 1. The van der Waals surface area contributed by atoms with E-state index in [9.17, 15) is 0 Å². The van der Waals surface area contributed by atoms with E-state index in [0.717, 1.165) is 30.2 Å². The van der Waals surface area contributed by atoms with E-state index in [1.54, 1.807) is 0 Å². The van der Waals surface area contributed by atoms with E-state index in [0.29, 0.717) is 5.41 Å². The van der Waals surface area contributed by atoms with Crippen LogP contribution in [-0.4, -0.2) is 13.6 Å². The fourth-order valence-corrected chi connectivity index (χ4v) is 3.38. The van der Waals surface area contributed by atoms with Crippen molar-refractivity contribution < 1.29 is 0 Å². The fraction of sp³-hybridized carbons (Fsp3) is 1.00. The molecule has 0 aliphatic heterocycles. The smallest absolute Gasteiger partial charge is 0.000481 e. The van der Waals surface area contributed by atoms with Crippen molar-refractivity contribution in [1.29, 1.82) is 0 Å². The lowest BCUT2D eigenvalue weighted by molar-refractivity contribution is 0.140. The van der Waals surface area contributed by atoms with Crippen LogP contribution in [0.25, 0.3) is 0 Å². The van der Waals surface area contributed by atoms with Crippen LogP contribution in [0.3, 0.4) is 0 Å². The van der Waals surface area contributed by atoms with Gasteiger partial charge in [0.1, 0.15) is 0 Å². The number of hydrogen-bond donors (Lipinski definition) is 1. The van der Waals surface area contributed by atoms with Gasteiger partial charge in [-0.3, -0.25) is 0 Å². The molecule has 0 aromatic rings. The molecule has 1 fully saturated rings. The SMILES string of the molecule is CC[C@H](C)C(C)(CNC)CC(C)C1CC1C. The predicted octanol–water partition coefficient (Wildman–Crippen LogP) is 3.94. The molecule has 0 radical (unpaired) electrons. The van der Waals surface area contributed by atoms with Gasteiger partial charge in [0.25, 0.3) is 0 Å². The maximum atomic E-state index is 3.40. The van der Waals surface area contributed by atoms with E-state index >= 15 is 0 Å². The molecule has 1 N–H and O–H groups in total. The summed E-state index contributed by atoms with van der Waals surface area (Å²) in [6.07, 6.45) is 4.15. The molecule has 5 atom stereocenters. The zero-order chi connectivity index (χ0) is 12.3. The average Bonchev–Trinajstić information content (AvgIpc) is 2.94. The van der Waals surface area contributed by atoms with Gasteiger partial charge in [0.15, 0.2) is 0 Å². The maximum absolute atomic E-state index is 3.40. The summed E-state index contributed by atoms with van der Waals surface area (Å²) in [5.41, 5.74) is 0.477. The molecular weight excluding hydrogens is 194 g/mol. The van der Waals surface area contributed by atoms with Crippen LogP contribution in [0.1, 0.15) is 53.9 Å². The Balaban J connectivity index is 2.55. The lowest BCUT2D eigenvalue weighted by atomic mass is 9.70. The van der Waals surface area contributed by atoms with Crippen LogP contribution < -0.4 is 5.32 Å². The Bertz CT molecular complexity index is 213. The van der Waals surface area contributed by atoms with Gasteiger partial charge in [-0.1, -0.05) is 41.0 Å². The topological polar surface area (TPSA) is 12.0 Å². The molecule has 4 unspecified atom stereocenters. The Morgan fingerprint density at radius 2 is 1.94 bits per heavy atom. The van der Waals surface area contributed by atoms with Crippen molar-refractivity contribution in [2.45, 2.75) is 53.9 Å². The summed E-state index contributed by atoms with van der Waals surface area (Å²) in [7, 11) is 2.09. The Hall–Kier alpha value is -0.0400. The molecule has 1 aliphatic carbocycles. The van der Waals surface area contributed by atoms with Gasteiger partial charge in [-0.15, -0.1) is 0 Å². The van der Waals surface area contributed by atoms with E-state index < -0.39 is 0 Å². The largest absolute Gasteiger partial charge is 0.319 e. The van der Waals surface area contributed by atoms with Crippen LogP contribution in [0.5, 0.6) is 0 Å². The average molecular weight is 225 g/mol. The summed E-state index contributed by atoms with van der Waals surface area (Å²) < 4.78 is 0. The molecule has 1 rings (SSSR count). The van der Waals surface area contributed by atoms with Crippen molar-refractivity contribution in [3.63, 3.8) is 0 Å². The normalized spacial score (nSPS) is 31.9. The van der Waals surface area contributed by atoms with Gasteiger partial charge in [-0.25, -0.2) is 0 Å². The second-order valence-electron chi connectivity index (χ2n) is 6.55. The van der Waals surface area contributed by atoms with Gasteiger partial charge in [0.2, 0.25) is 0 Å². The molecule has 16 heavy (non-hydrogen) atoms. The first-order chi connectivity index (χ1) is 7.44. The van der Waals surface area contributed by atoms with E-state index in [-0.39, 0.29) is 0 Å². The molecule has 1 aliphatic rings. The summed E-state index contributed by atoms with van der Waals surface area (Å²) in [5.74, 6) is 3.73. The van der Waals surface area contributed by atoms with Crippen LogP contribution in [0.2, 0.25) is 0 Å². The molecule has 0 heterocycles. The van der Waals surface area contributed by atoms with Crippen LogP contribution in [0.15, 0.2) is 0 Å². The number of rotatable bonds is 7. The molecule has 0 aromatic heterocycles. The third kappa shape index (κ3) is 3.23. The van der Waals surface area contributed by atoms with Crippen LogP contribution in [-0.2, 0) is 0 Å². The minimum atomic E-state index is 0.477. The fourth-order valence-electron chi connectivity index (χ4n) is 3.38. The minimum Gasteiger partial charge on any atom is -0.319 e. The molecule has 1 heteroatoms. The molecule has 0 spiro atoms. The van der Waals surface area contributed by atoms with Gasteiger partial charge in [0.05, 0.1) is 0 Å². The summed E-state index contributed by atoms with van der Waals surface area (Å²) >= 11 is 0. The highest BCUT2D eigenvalue weighted by Crippen LogP contribution is 2.48. The van der Waals surface area contributed by atoms with Crippen molar-refractivity contribution >= 4 is 0 Å². The molecular formula is C15H31N. The summed E-state index contributed by atoms with van der Waals surface area (Å²) in [6.45, 7) is 13.2. The van der Waals surface area contributed by atoms with Gasteiger partial charge >= 0.3 is 0 Å². The van der Waals surface area contributed by atoms with Crippen molar-refractivity contribution in [1.82, 2.24) is 5.32 Å². The van der Waals surface area contributed by atoms with E-state index in [2.05, 4.69) is 47.0 Å². The highest BCUT2D eigenvalue weighted by molar-refractivity contribution is 4.91. The highest BCUT2D eigenvalue weighted by atomic mass is 14.8. The lowest BCUT2D eigenvalue weighted by Gasteiger charge is -2.38. The molecule has 1 saturated carbocycles. The van der Waals surface area contributed by atoms with Crippen LogP contribution >= 0.6 is 0 Å². The first-order valence-corrected chi connectivity index (χ1v) is 7.09. The molecule has 0 aromatic carbocycles. The first-order valence-electron chi connectivity index (χ1n) is 7.09. The van der Waals surface area contributed by atoms with Crippen molar-refractivity contribution in [3.8, 4) is 0 Å². The molecule has 96 valence electrons. The Kier molecular flexibility index (Phi) is 4.85. The third-order valence-electron chi connectivity index (χ3n) is 5.07. The second-order valence-corrected chi connectivity index (χ2v) is 6.55. The summed E-state index contributed by atoms with van der Waals surface area (Å²) in [6, 6.07) is 0. The Morgan fingerprint density at radius 3 is 2.31 bits per heavy atom. The van der Waals surface area contributed by atoms with E-state index in [1.165, 1.54) is 19.3 Å². The van der Waals surface area contributed by atoms with Crippen molar-refractivity contribution in [2.24, 2.45) is 29.1 Å². The highest BCUT2D eigenvalue weighted by Gasteiger charge is 2.41. The lowest BCUT2D eigenvalue weighted by Crippen LogP contribution is -2.37. The van der Waals surface area contributed by atoms with Crippen LogP contribution in [0, 0.1) is 29.1 Å². The van der Waals surface area contributed by atoms with Gasteiger partial charge < -0.3 is 5.32 Å². The van der Waals surface area contributed by atoms with E-state index in [1.807, 2.05) is 0 Å². The maximum Gasteiger partial charge on any atom is 0.000481 e. The molecule has 0 amide bonds. The molecule has 0 bridgehead atoms. The van der Waals surface area contributed by atoms with Crippen molar-refractivity contribution in [3.05, 3.63) is 0 Å². The molecule has 1 nitrogen and oxygen atoms in total. The number of nitrogens with one attached hydrogen (secondary N) is 1. The van der Waals surface area contributed by atoms with Crippen molar-refractivity contribution in [2.75, 3.05) is 13.6 Å². The van der Waals surface area contributed by atoms with Gasteiger partial charge in [0, 0.05) is 6.54 Å². The van der Waals surface area contributed by atoms with E-state index in [4.69, 9.17) is 0 Å². The Morgan fingerprint density at radius 1 is 1.38 bits per heavy atom. The summed E-state index contributed by atoms with van der Waals surface area (Å²) in [5, 5.41) is 3.40. The van der Waals surface area contributed by atoms with Gasteiger partial charge in [-0.05, 0) is 49.0 Å².